The van der Waals surface area contributed by atoms with Crippen LogP contribution in [0.5, 0.6) is 0 Å². The summed E-state index contributed by atoms with van der Waals surface area (Å²) in [5, 5.41) is 0. The molecule has 0 rings (SSSR count). The summed E-state index contributed by atoms with van der Waals surface area (Å²) >= 11 is 0. The zero-order chi connectivity index (χ0) is 35.8. The maximum Gasteiger partial charge on any atom is 0.453 e. The van der Waals surface area contributed by atoms with E-state index in [1.165, 1.54) is 19.1 Å². The number of carbonyl (C=O) groups excluding carboxylic acids is 3. The second kappa shape index (κ2) is 24.2. The van der Waals surface area contributed by atoms with Crippen molar-refractivity contribution in [1.29, 1.82) is 0 Å². The quantitative estimate of drug-likeness (QED) is 0.0312. The van der Waals surface area contributed by atoms with E-state index in [2.05, 4.69) is 4.74 Å². The second-order valence-electron chi connectivity index (χ2n) is 9.23. The molecule has 0 bridgehead atoms. The molecule has 18 heteroatoms. The highest BCUT2D eigenvalue weighted by Gasteiger charge is 2.57. The number of Topliss-reactive ketones (excluding diaryl/α,β-unsaturated/α-hetero) is 1. The van der Waals surface area contributed by atoms with Gasteiger partial charge >= 0.3 is 37.8 Å². The van der Waals surface area contributed by atoms with Gasteiger partial charge < -0.3 is 18.6 Å². The maximum atomic E-state index is 12.5. The summed E-state index contributed by atoms with van der Waals surface area (Å²) in [6, 6.07) is 0. The smallest absolute Gasteiger partial charge is 0.453 e. The van der Waals surface area contributed by atoms with Crippen LogP contribution in [0.2, 0.25) is 0 Å². The normalized spacial score (nSPS) is 12.6. The fourth-order valence-electron chi connectivity index (χ4n) is 2.99. The Morgan fingerprint density at radius 2 is 1.09 bits per heavy atom. The van der Waals surface area contributed by atoms with E-state index in [0.717, 1.165) is 0 Å². The summed E-state index contributed by atoms with van der Waals surface area (Å²) in [6.07, 6.45) is -8.63. The summed E-state index contributed by atoms with van der Waals surface area (Å²) in [7, 11) is -3.12. The Bertz CT molecular complexity index is 882. The number of rotatable bonds is 20. The summed E-state index contributed by atoms with van der Waals surface area (Å²) in [5.74, 6) is -9.89. The third-order valence-electron chi connectivity index (χ3n) is 5.11. The molecule has 0 aliphatic rings. The molecule has 0 aromatic carbocycles. The molecule has 0 heterocycles. The zero-order valence-corrected chi connectivity index (χ0v) is 26.6. The second-order valence-corrected chi connectivity index (χ2v) is 11.3. The minimum absolute atomic E-state index is 0.130. The minimum atomic E-state index is -5.48. The third-order valence-corrected chi connectivity index (χ3v) is 7.25. The largest absolute Gasteiger partial charge is 0.463 e. The van der Waals surface area contributed by atoms with Gasteiger partial charge in [-0.05, 0) is 59.8 Å². The van der Waals surface area contributed by atoms with Crippen molar-refractivity contribution in [3.05, 3.63) is 12.2 Å². The predicted octanol–water partition coefficient (Wildman–Crippen LogP) is 9.43. The number of halogens is 10. The van der Waals surface area contributed by atoms with E-state index < -0.39 is 50.6 Å². The lowest BCUT2D eigenvalue weighted by Crippen LogP contribution is -2.36. The Morgan fingerprint density at radius 3 is 1.42 bits per heavy atom. The number of unbranched alkanes of at least 4 members (excludes halogenated alkanes) is 6. The molecule has 0 saturated heterocycles. The molecule has 268 valence electrons. The van der Waals surface area contributed by atoms with Gasteiger partial charge in [0.25, 0.3) is 0 Å². The highest BCUT2D eigenvalue weighted by atomic mass is 31.2. The Kier molecular flexibility index (Phi) is 25.5. The van der Waals surface area contributed by atoms with Crippen LogP contribution in [0.3, 0.4) is 0 Å². The van der Waals surface area contributed by atoms with Crippen LogP contribution in [-0.2, 0) is 32.7 Å². The molecule has 0 unspecified atom stereocenters. The van der Waals surface area contributed by atoms with Crippen LogP contribution in [-0.4, -0.2) is 68.2 Å². The van der Waals surface area contributed by atoms with Crippen LogP contribution >= 0.6 is 7.60 Å². The fourth-order valence-corrected chi connectivity index (χ4v) is 4.57. The topological polar surface area (TPSA) is 96.0 Å². The van der Waals surface area contributed by atoms with Crippen molar-refractivity contribution in [2.75, 3.05) is 26.0 Å². The lowest BCUT2D eigenvalue weighted by Gasteiger charge is -2.19. The van der Waals surface area contributed by atoms with Gasteiger partial charge in [0.15, 0.2) is 0 Å². The molecular formula is C27H43F10O7P. The predicted molar refractivity (Wildman–Crippen MR) is 146 cm³/mol. The molecule has 0 spiro atoms. The van der Waals surface area contributed by atoms with Gasteiger partial charge in [-0.25, -0.2) is 4.79 Å². The number of ketones is 1. The number of carbonyl (C=O) groups is 3. The Balaban J connectivity index is -0.000000607. The first kappa shape index (κ1) is 47.4. The molecule has 0 amide bonds. The monoisotopic (exact) mass is 700 g/mol. The van der Waals surface area contributed by atoms with Crippen molar-refractivity contribution in [3.8, 4) is 0 Å². The number of ether oxygens (including phenoxy) is 1. The minimum Gasteiger partial charge on any atom is -0.463 e. The van der Waals surface area contributed by atoms with Crippen molar-refractivity contribution < 1.29 is 76.6 Å². The molecule has 0 aromatic heterocycles. The number of hydrogen-bond acceptors (Lipinski definition) is 7. The molecule has 0 aliphatic heterocycles. The number of hydrogen-bond donors (Lipinski definition) is 0. The van der Waals surface area contributed by atoms with Gasteiger partial charge in [0.1, 0.15) is 18.2 Å². The van der Waals surface area contributed by atoms with Gasteiger partial charge in [0.2, 0.25) is 0 Å². The molecule has 0 N–H and O–H groups in total. The van der Waals surface area contributed by atoms with Crippen molar-refractivity contribution >= 4 is 25.6 Å². The van der Waals surface area contributed by atoms with Crippen molar-refractivity contribution in [2.45, 2.75) is 116 Å². The van der Waals surface area contributed by atoms with Crippen LogP contribution in [0.1, 0.15) is 91.9 Å². The highest BCUT2D eigenvalue weighted by Crippen LogP contribution is 2.47. The molecule has 0 aromatic rings. The van der Waals surface area contributed by atoms with Crippen molar-refractivity contribution in [1.82, 2.24) is 0 Å². The van der Waals surface area contributed by atoms with E-state index in [-0.39, 0.29) is 50.7 Å². The van der Waals surface area contributed by atoms with Crippen LogP contribution in [0.25, 0.3) is 0 Å². The summed E-state index contributed by atoms with van der Waals surface area (Å²) in [6.45, 7) is 7.31. The molecule has 0 saturated carbocycles. The number of alkyl halides is 10. The van der Waals surface area contributed by atoms with Gasteiger partial charge in [-0.1, -0.05) is 18.9 Å². The lowest BCUT2D eigenvalue weighted by molar-refractivity contribution is -0.284. The van der Waals surface area contributed by atoms with Crippen molar-refractivity contribution in [3.63, 3.8) is 0 Å². The van der Waals surface area contributed by atoms with E-state index in [4.69, 9.17) is 9.05 Å². The Morgan fingerprint density at radius 1 is 0.667 bits per heavy atom. The molecule has 7 nitrogen and oxygen atoms in total. The first-order valence-corrected chi connectivity index (χ1v) is 15.8. The standard InChI is InChI=1S/C12H17F5O2.C8H11F5O.C7H15O4P/c1-2-19-10(18)8-6-4-3-5-7-9-11(13,14)12(15,16)17;9-7(10,8(11,12)13)5-3-1-2-4-6-14;1-4-10-12(9,11-5-2)6-7(3)8/h6,8H,2-5,7,9H2,1H3;6H,1-5H2;4-6H2,1-3H3/b8-6+;;. The lowest BCUT2D eigenvalue weighted by atomic mass is 10.1. The van der Waals surface area contributed by atoms with Gasteiger partial charge in [-0.15, -0.1) is 0 Å². The Labute approximate surface area is 256 Å². The number of allylic oxidation sites excluding steroid dienone is 1. The van der Waals surface area contributed by atoms with Crippen LogP contribution < -0.4 is 0 Å². The highest BCUT2D eigenvalue weighted by molar-refractivity contribution is 7.54. The number of esters is 1. The molecule has 0 radical (unpaired) electrons. The maximum absolute atomic E-state index is 12.5. The summed E-state index contributed by atoms with van der Waals surface area (Å²) < 4.78 is 146. The first-order valence-electron chi connectivity index (χ1n) is 14.1. The molecular weight excluding hydrogens is 657 g/mol. The molecule has 0 aliphatic carbocycles. The van der Waals surface area contributed by atoms with Crippen LogP contribution in [0.15, 0.2) is 12.2 Å². The van der Waals surface area contributed by atoms with Crippen LogP contribution in [0, 0.1) is 0 Å². The zero-order valence-electron chi connectivity index (χ0n) is 25.7. The SMILES string of the molecule is CCOC(=O)/C=C/CCCCCC(F)(F)C(F)(F)F.CCOP(=O)(CC(C)=O)OCC.O=CCCCCCC(F)(F)C(F)(F)F. The van der Waals surface area contributed by atoms with Crippen molar-refractivity contribution in [2.24, 2.45) is 0 Å². The van der Waals surface area contributed by atoms with Gasteiger partial charge in [0.05, 0.1) is 19.8 Å². The Hall–Kier alpha value is -2.00. The van der Waals surface area contributed by atoms with E-state index in [0.29, 0.717) is 38.8 Å². The van der Waals surface area contributed by atoms with E-state index in [1.54, 1.807) is 20.8 Å². The number of aldehydes is 1. The van der Waals surface area contributed by atoms with E-state index in [9.17, 15) is 62.9 Å². The molecule has 45 heavy (non-hydrogen) atoms. The van der Waals surface area contributed by atoms with Gasteiger partial charge in [-0.3, -0.25) is 9.36 Å². The summed E-state index contributed by atoms with van der Waals surface area (Å²) in [4.78, 5) is 31.3. The fraction of sp³-hybridized carbons (Fsp3) is 0.815. The van der Waals surface area contributed by atoms with E-state index in [1.807, 2.05) is 0 Å². The summed E-state index contributed by atoms with van der Waals surface area (Å²) in [5.41, 5.74) is 0. The molecule has 0 atom stereocenters. The van der Waals surface area contributed by atoms with E-state index >= 15 is 0 Å². The first-order chi connectivity index (χ1) is 20.6. The average Bonchev–Trinajstić information content (AvgIpc) is 2.87. The third kappa shape index (κ3) is 25.8. The van der Waals surface area contributed by atoms with Gasteiger partial charge in [0, 0.05) is 25.3 Å². The average molecular weight is 701 g/mol. The molecule has 0 fully saturated rings. The van der Waals surface area contributed by atoms with Crippen LogP contribution in [0.4, 0.5) is 43.9 Å². The van der Waals surface area contributed by atoms with Gasteiger partial charge in [-0.2, -0.15) is 43.9 Å².